The maximum atomic E-state index is 11.3. The van der Waals surface area contributed by atoms with Crippen LogP contribution in [0.4, 0.5) is 0 Å². The first-order valence-electron chi connectivity index (χ1n) is 5.79. The van der Waals surface area contributed by atoms with E-state index in [-0.39, 0.29) is 18.4 Å². The van der Waals surface area contributed by atoms with Crippen molar-refractivity contribution in [1.29, 1.82) is 0 Å². The normalized spacial score (nSPS) is 11.2. The largest absolute Gasteiger partial charge is 0.466 e. The summed E-state index contributed by atoms with van der Waals surface area (Å²) < 4.78 is 9.61. The average Bonchev–Trinajstić information content (AvgIpc) is 2.16. The summed E-state index contributed by atoms with van der Waals surface area (Å²) in [5.41, 5.74) is 0.511. The van der Waals surface area contributed by atoms with Crippen LogP contribution in [-0.2, 0) is 19.1 Å². The van der Waals surface area contributed by atoms with E-state index in [1.165, 1.54) is 6.08 Å². The summed E-state index contributed by atoms with van der Waals surface area (Å²) in [4.78, 5) is 22.6. The van der Waals surface area contributed by atoms with Gasteiger partial charge in [-0.15, -0.1) is 0 Å². The molecule has 0 saturated heterocycles. The second kappa shape index (κ2) is 8.61. The summed E-state index contributed by atoms with van der Waals surface area (Å²) in [6.07, 6.45) is 1.34. The van der Waals surface area contributed by atoms with E-state index in [4.69, 9.17) is 9.47 Å². The molecule has 1 N–H and O–H groups in total. The highest BCUT2D eigenvalue weighted by Crippen LogP contribution is 2.02. The maximum Gasteiger partial charge on any atom is 0.332 e. The van der Waals surface area contributed by atoms with Crippen molar-refractivity contribution >= 4 is 11.9 Å². The van der Waals surface area contributed by atoms with Gasteiger partial charge in [-0.3, -0.25) is 4.79 Å². The highest BCUT2D eigenvalue weighted by molar-refractivity contribution is 5.84. The van der Waals surface area contributed by atoms with Gasteiger partial charge < -0.3 is 14.8 Å². The molecule has 5 nitrogen and oxygen atoms in total. The van der Waals surface area contributed by atoms with Crippen molar-refractivity contribution in [1.82, 2.24) is 5.32 Å². The summed E-state index contributed by atoms with van der Waals surface area (Å²) in [6, 6.07) is 0.130. The highest BCUT2D eigenvalue weighted by Gasteiger charge is 2.10. The monoisotopic (exact) mass is 243 g/mol. The van der Waals surface area contributed by atoms with Crippen LogP contribution < -0.4 is 5.32 Å². The predicted octanol–water partition coefficient (Wildman–Crippen LogP) is 1.38. The zero-order chi connectivity index (χ0) is 13.3. The van der Waals surface area contributed by atoms with E-state index < -0.39 is 5.97 Å². The number of hydrogen-bond donors (Lipinski definition) is 1. The number of ether oxygens (including phenoxy) is 2. The number of rotatable bonds is 7. The van der Waals surface area contributed by atoms with E-state index >= 15 is 0 Å². The summed E-state index contributed by atoms with van der Waals surface area (Å²) in [6.45, 7) is 7.94. The molecule has 5 heteroatoms. The molecule has 0 atom stereocenters. The Hall–Kier alpha value is -1.52. The van der Waals surface area contributed by atoms with Crippen LogP contribution in [0.3, 0.4) is 0 Å². The van der Waals surface area contributed by atoms with Crippen LogP contribution in [0.25, 0.3) is 0 Å². The van der Waals surface area contributed by atoms with E-state index in [1.807, 2.05) is 13.8 Å². The lowest BCUT2D eigenvalue weighted by Gasteiger charge is -2.13. The Morgan fingerprint density at radius 2 is 1.76 bits per heavy atom. The maximum absolute atomic E-state index is 11.3. The number of carbonyl (C=O) groups is 2. The standard InChI is InChI=1S/C12H21NO4/c1-5-16-11(14)7-10(13-9(3)4)8-12(15)17-6-2/h7,9,13H,5-6,8H2,1-4H3/b10-7-. The SMILES string of the molecule is CCOC(=O)/C=C(/CC(=O)OCC)NC(C)C. The van der Waals surface area contributed by atoms with E-state index in [1.54, 1.807) is 13.8 Å². The molecule has 17 heavy (non-hydrogen) atoms. The van der Waals surface area contributed by atoms with Crippen molar-refractivity contribution in [2.24, 2.45) is 0 Å². The van der Waals surface area contributed by atoms with Crippen LogP contribution in [0.2, 0.25) is 0 Å². The van der Waals surface area contributed by atoms with Gasteiger partial charge in [0.15, 0.2) is 0 Å². The smallest absolute Gasteiger partial charge is 0.332 e. The Bertz CT molecular complexity index is 284. The molecule has 0 amide bonds. The molecule has 0 radical (unpaired) electrons. The van der Waals surface area contributed by atoms with E-state index in [0.29, 0.717) is 18.9 Å². The van der Waals surface area contributed by atoms with Gasteiger partial charge in [-0.05, 0) is 27.7 Å². The minimum absolute atomic E-state index is 0.0465. The number of carbonyl (C=O) groups excluding carboxylic acids is 2. The van der Waals surface area contributed by atoms with E-state index in [2.05, 4.69) is 5.32 Å². The Balaban J connectivity index is 4.52. The zero-order valence-corrected chi connectivity index (χ0v) is 10.9. The molecular weight excluding hydrogens is 222 g/mol. The van der Waals surface area contributed by atoms with Crippen molar-refractivity contribution in [3.63, 3.8) is 0 Å². The summed E-state index contributed by atoms with van der Waals surface area (Å²) in [5.74, 6) is -0.823. The fraction of sp³-hybridized carbons (Fsp3) is 0.667. The van der Waals surface area contributed by atoms with Crippen LogP contribution in [0, 0.1) is 0 Å². The quantitative estimate of drug-likeness (QED) is 0.540. The molecule has 0 saturated carbocycles. The summed E-state index contributed by atoms with van der Waals surface area (Å²) in [7, 11) is 0. The third kappa shape index (κ3) is 8.30. The molecule has 98 valence electrons. The number of hydrogen-bond acceptors (Lipinski definition) is 5. The van der Waals surface area contributed by atoms with Gasteiger partial charge in [0.1, 0.15) is 0 Å². The van der Waals surface area contributed by atoms with Crippen LogP contribution in [0.5, 0.6) is 0 Å². The molecule has 0 aliphatic heterocycles. The molecule has 0 aromatic rings. The van der Waals surface area contributed by atoms with Crippen molar-refractivity contribution in [2.75, 3.05) is 13.2 Å². The molecular formula is C12H21NO4. The lowest BCUT2D eigenvalue weighted by atomic mass is 10.2. The van der Waals surface area contributed by atoms with Crippen molar-refractivity contribution in [3.8, 4) is 0 Å². The first-order valence-corrected chi connectivity index (χ1v) is 5.79. The first kappa shape index (κ1) is 15.5. The molecule has 0 aromatic heterocycles. The van der Waals surface area contributed by atoms with Gasteiger partial charge in [0.05, 0.1) is 19.6 Å². The lowest BCUT2D eigenvalue weighted by Crippen LogP contribution is -2.25. The van der Waals surface area contributed by atoms with Gasteiger partial charge >= 0.3 is 11.9 Å². The predicted molar refractivity (Wildman–Crippen MR) is 64.2 cm³/mol. The molecule has 0 spiro atoms. The van der Waals surface area contributed by atoms with Gasteiger partial charge in [0.2, 0.25) is 0 Å². The lowest BCUT2D eigenvalue weighted by molar-refractivity contribution is -0.142. The molecule has 0 rings (SSSR count). The van der Waals surface area contributed by atoms with Gasteiger partial charge in [-0.25, -0.2) is 4.79 Å². The van der Waals surface area contributed by atoms with E-state index in [9.17, 15) is 9.59 Å². The third-order valence-electron chi connectivity index (χ3n) is 1.69. The van der Waals surface area contributed by atoms with Crippen molar-refractivity contribution in [3.05, 3.63) is 11.8 Å². The fourth-order valence-corrected chi connectivity index (χ4v) is 1.21. The minimum Gasteiger partial charge on any atom is -0.466 e. The van der Waals surface area contributed by atoms with Gasteiger partial charge in [0.25, 0.3) is 0 Å². The topological polar surface area (TPSA) is 64.6 Å². The van der Waals surface area contributed by atoms with E-state index in [0.717, 1.165) is 0 Å². The highest BCUT2D eigenvalue weighted by atomic mass is 16.5. The molecule has 0 unspecified atom stereocenters. The second-order valence-corrected chi connectivity index (χ2v) is 3.70. The summed E-state index contributed by atoms with van der Waals surface area (Å²) in [5, 5.41) is 3.02. The van der Waals surface area contributed by atoms with Crippen LogP contribution >= 0.6 is 0 Å². The van der Waals surface area contributed by atoms with Crippen molar-refractivity contribution < 1.29 is 19.1 Å². The molecule has 0 aromatic carbocycles. The second-order valence-electron chi connectivity index (χ2n) is 3.70. The van der Waals surface area contributed by atoms with Crippen LogP contribution in [-0.4, -0.2) is 31.2 Å². The fourth-order valence-electron chi connectivity index (χ4n) is 1.21. The van der Waals surface area contributed by atoms with Crippen LogP contribution in [0.1, 0.15) is 34.1 Å². The molecule has 0 fully saturated rings. The number of nitrogens with one attached hydrogen (secondary N) is 1. The average molecular weight is 243 g/mol. The Labute approximate surface area is 102 Å². The molecule has 0 aliphatic rings. The number of esters is 2. The Kier molecular flexibility index (Phi) is 7.84. The third-order valence-corrected chi connectivity index (χ3v) is 1.69. The Morgan fingerprint density at radius 3 is 2.24 bits per heavy atom. The molecule has 0 bridgehead atoms. The Morgan fingerprint density at radius 1 is 1.18 bits per heavy atom. The molecule has 0 aliphatic carbocycles. The zero-order valence-electron chi connectivity index (χ0n) is 10.9. The minimum atomic E-state index is -0.458. The molecule has 0 heterocycles. The first-order chi connectivity index (χ1) is 7.99. The summed E-state index contributed by atoms with van der Waals surface area (Å²) >= 11 is 0. The van der Waals surface area contributed by atoms with Crippen molar-refractivity contribution in [2.45, 2.75) is 40.2 Å². The van der Waals surface area contributed by atoms with Gasteiger partial charge in [0, 0.05) is 17.8 Å². The van der Waals surface area contributed by atoms with Crippen LogP contribution in [0.15, 0.2) is 11.8 Å². The van der Waals surface area contributed by atoms with Gasteiger partial charge in [-0.1, -0.05) is 0 Å². The van der Waals surface area contributed by atoms with Gasteiger partial charge in [-0.2, -0.15) is 0 Å².